The number of halogens is 1. The third-order valence-corrected chi connectivity index (χ3v) is 3.71. The molecule has 0 heterocycles. The van der Waals surface area contributed by atoms with Gasteiger partial charge in [0, 0.05) is 5.69 Å². The van der Waals surface area contributed by atoms with Crippen LogP contribution in [0.15, 0.2) is 72.8 Å². The zero-order chi connectivity index (χ0) is 17.6. The number of carbonyl (C=O) groups excluding carboxylic acids is 1. The lowest BCUT2D eigenvalue weighted by Crippen LogP contribution is -2.13. The fraction of sp³-hybridized carbons (Fsp3) is 0.0952. The van der Waals surface area contributed by atoms with Crippen molar-refractivity contribution in [3.8, 4) is 5.75 Å². The van der Waals surface area contributed by atoms with E-state index in [0.717, 1.165) is 11.1 Å². The molecule has 0 aliphatic carbocycles. The van der Waals surface area contributed by atoms with Gasteiger partial charge in [0.1, 0.15) is 18.2 Å². The summed E-state index contributed by atoms with van der Waals surface area (Å²) in [6, 6.07) is 20.7. The lowest BCUT2D eigenvalue weighted by atomic mass is 10.1. The largest absolute Gasteiger partial charge is 0.488 e. The van der Waals surface area contributed by atoms with Crippen LogP contribution in [0.5, 0.6) is 5.75 Å². The van der Waals surface area contributed by atoms with Gasteiger partial charge in [-0.1, -0.05) is 42.0 Å². The van der Waals surface area contributed by atoms with Gasteiger partial charge in [-0.15, -0.1) is 0 Å². The molecule has 4 heteroatoms. The van der Waals surface area contributed by atoms with Crippen LogP contribution < -0.4 is 10.1 Å². The second-order valence-electron chi connectivity index (χ2n) is 5.73. The van der Waals surface area contributed by atoms with E-state index in [-0.39, 0.29) is 11.7 Å². The minimum absolute atomic E-state index is 0.300. The Morgan fingerprint density at radius 1 is 1.00 bits per heavy atom. The minimum atomic E-state index is -0.347. The maximum Gasteiger partial charge on any atom is 0.259 e. The first-order chi connectivity index (χ1) is 12.1. The first-order valence-corrected chi connectivity index (χ1v) is 7.96. The van der Waals surface area contributed by atoms with Crippen molar-refractivity contribution in [3.63, 3.8) is 0 Å². The van der Waals surface area contributed by atoms with E-state index in [9.17, 15) is 9.18 Å². The Hall–Kier alpha value is -3.14. The van der Waals surface area contributed by atoms with E-state index in [1.807, 2.05) is 37.3 Å². The van der Waals surface area contributed by atoms with Crippen molar-refractivity contribution in [1.82, 2.24) is 0 Å². The van der Waals surface area contributed by atoms with Gasteiger partial charge in [-0.3, -0.25) is 4.79 Å². The van der Waals surface area contributed by atoms with Crippen LogP contribution in [0.25, 0.3) is 0 Å². The van der Waals surface area contributed by atoms with Crippen molar-refractivity contribution < 1.29 is 13.9 Å². The smallest absolute Gasteiger partial charge is 0.259 e. The normalized spacial score (nSPS) is 10.3. The molecule has 0 fully saturated rings. The molecule has 0 aliphatic rings. The quantitative estimate of drug-likeness (QED) is 0.715. The maximum atomic E-state index is 13.0. The molecular weight excluding hydrogens is 317 g/mol. The molecule has 0 atom stereocenters. The Balaban J connectivity index is 1.73. The molecule has 0 unspecified atom stereocenters. The molecular formula is C21H18FNO2. The van der Waals surface area contributed by atoms with Crippen molar-refractivity contribution in [2.24, 2.45) is 0 Å². The van der Waals surface area contributed by atoms with Crippen molar-refractivity contribution in [1.29, 1.82) is 0 Å². The summed E-state index contributed by atoms with van der Waals surface area (Å²) in [5, 5.41) is 2.75. The Bertz CT molecular complexity index is 875. The average Bonchev–Trinajstić information content (AvgIpc) is 2.62. The van der Waals surface area contributed by atoms with Gasteiger partial charge in [0.15, 0.2) is 0 Å². The van der Waals surface area contributed by atoms with Crippen LogP contribution in [0.3, 0.4) is 0 Å². The van der Waals surface area contributed by atoms with E-state index >= 15 is 0 Å². The molecule has 1 amide bonds. The molecule has 3 aromatic carbocycles. The highest BCUT2D eigenvalue weighted by Gasteiger charge is 2.12. The predicted octanol–water partition coefficient (Wildman–Crippen LogP) is 4.97. The topological polar surface area (TPSA) is 38.3 Å². The highest BCUT2D eigenvalue weighted by molar-refractivity contribution is 6.06. The third kappa shape index (κ3) is 4.44. The van der Waals surface area contributed by atoms with Crippen LogP contribution in [0, 0.1) is 12.7 Å². The summed E-state index contributed by atoms with van der Waals surface area (Å²) >= 11 is 0. The number of benzene rings is 3. The summed E-state index contributed by atoms with van der Waals surface area (Å²) in [6.45, 7) is 2.40. The monoisotopic (exact) mass is 335 g/mol. The summed E-state index contributed by atoms with van der Waals surface area (Å²) in [4.78, 5) is 12.5. The van der Waals surface area contributed by atoms with Gasteiger partial charge in [-0.25, -0.2) is 4.39 Å². The molecule has 126 valence electrons. The van der Waals surface area contributed by atoms with Crippen LogP contribution in [0.2, 0.25) is 0 Å². The average molecular weight is 335 g/mol. The number of anilines is 1. The van der Waals surface area contributed by atoms with Crippen molar-refractivity contribution in [2.45, 2.75) is 13.5 Å². The third-order valence-electron chi connectivity index (χ3n) is 3.71. The zero-order valence-corrected chi connectivity index (χ0v) is 13.8. The van der Waals surface area contributed by atoms with Crippen molar-refractivity contribution in [3.05, 3.63) is 95.3 Å². The standard InChI is InChI=1S/C21H18FNO2/c1-15-5-4-6-16(13-15)14-25-20-8-3-2-7-19(20)21(24)23-18-11-9-17(22)10-12-18/h2-13H,14H2,1H3,(H,23,24). The molecule has 0 saturated heterocycles. The Kier molecular flexibility index (Phi) is 5.09. The van der Waals surface area contributed by atoms with Crippen molar-refractivity contribution >= 4 is 11.6 Å². The molecule has 0 bridgehead atoms. The molecule has 1 N–H and O–H groups in total. The number of para-hydroxylation sites is 1. The number of aryl methyl sites for hydroxylation is 1. The molecule has 0 aromatic heterocycles. The first kappa shape index (κ1) is 16.7. The molecule has 25 heavy (non-hydrogen) atoms. The summed E-state index contributed by atoms with van der Waals surface area (Å²) in [7, 11) is 0. The molecule has 3 rings (SSSR count). The molecule has 3 nitrogen and oxygen atoms in total. The van der Waals surface area contributed by atoms with Gasteiger partial charge in [-0.2, -0.15) is 0 Å². The van der Waals surface area contributed by atoms with Gasteiger partial charge < -0.3 is 10.1 Å². The van der Waals surface area contributed by atoms with Crippen LogP contribution >= 0.6 is 0 Å². The number of rotatable bonds is 5. The van der Waals surface area contributed by atoms with E-state index < -0.39 is 0 Å². The van der Waals surface area contributed by atoms with Gasteiger partial charge in [-0.05, 0) is 48.9 Å². The van der Waals surface area contributed by atoms with E-state index in [1.54, 1.807) is 18.2 Å². The molecule has 0 spiro atoms. The second-order valence-corrected chi connectivity index (χ2v) is 5.73. The lowest BCUT2D eigenvalue weighted by Gasteiger charge is -2.12. The SMILES string of the molecule is Cc1cccc(COc2ccccc2C(=O)Nc2ccc(F)cc2)c1. The number of carbonyl (C=O) groups is 1. The van der Waals surface area contributed by atoms with Crippen LogP contribution in [0.4, 0.5) is 10.1 Å². The fourth-order valence-corrected chi connectivity index (χ4v) is 2.47. The zero-order valence-electron chi connectivity index (χ0n) is 13.8. The summed E-state index contributed by atoms with van der Waals surface area (Å²) in [6.07, 6.45) is 0. The molecule has 3 aromatic rings. The van der Waals surface area contributed by atoms with Gasteiger partial charge >= 0.3 is 0 Å². The summed E-state index contributed by atoms with van der Waals surface area (Å²) in [5.41, 5.74) is 3.15. The molecule has 0 radical (unpaired) electrons. The van der Waals surface area contributed by atoms with E-state index in [0.29, 0.717) is 23.6 Å². The number of ether oxygens (including phenoxy) is 1. The second kappa shape index (κ2) is 7.62. The number of nitrogens with one attached hydrogen (secondary N) is 1. The summed E-state index contributed by atoms with van der Waals surface area (Å²) in [5.74, 6) is -0.144. The maximum absolute atomic E-state index is 13.0. The molecule has 0 saturated carbocycles. The molecule has 0 aliphatic heterocycles. The Morgan fingerprint density at radius 3 is 2.52 bits per heavy atom. The summed E-state index contributed by atoms with van der Waals surface area (Å²) < 4.78 is 18.8. The number of amides is 1. The highest BCUT2D eigenvalue weighted by atomic mass is 19.1. The van der Waals surface area contributed by atoms with E-state index in [4.69, 9.17) is 4.74 Å². The fourth-order valence-electron chi connectivity index (χ4n) is 2.47. The van der Waals surface area contributed by atoms with Gasteiger partial charge in [0.2, 0.25) is 0 Å². The minimum Gasteiger partial charge on any atom is -0.488 e. The Morgan fingerprint density at radius 2 is 1.76 bits per heavy atom. The van der Waals surface area contributed by atoms with Crippen LogP contribution in [-0.2, 0) is 6.61 Å². The van der Waals surface area contributed by atoms with E-state index in [2.05, 4.69) is 5.32 Å². The van der Waals surface area contributed by atoms with Gasteiger partial charge in [0.05, 0.1) is 5.56 Å². The van der Waals surface area contributed by atoms with Crippen LogP contribution in [0.1, 0.15) is 21.5 Å². The number of hydrogen-bond acceptors (Lipinski definition) is 2. The first-order valence-electron chi connectivity index (χ1n) is 7.96. The van der Waals surface area contributed by atoms with E-state index in [1.165, 1.54) is 24.3 Å². The predicted molar refractivity (Wildman–Crippen MR) is 96.3 cm³/mol. The Labute approximate surface area is 146 Å². The highest BCUT2D eigenvalue weighted by Crippen LogP contribution is 2.21. The van der Waals surface area contributed by atoms with Gasteiger partial charge in [0.25, 0.3) is 5.91 Å². The van der Waals surface area contributed by atoms with Crippen molar-refractivity contribution in [2.75, 3.05) is 5.32 Å². The van der Waals surface area contributed by atoms with Crippen LogP contribution in [-0.4, -0.2) is 5.91 Å². The number of hydrogen-bond donors (Lipinski definition) is 1. The lowest BCUT2D eigenvalue weighted by molar-refractivity contribution is 0.102.